The summed E-state index contributed by atoms with van der Waals surface area (Å²) in [6.07, 6.45) is -0.683. The van der Waals surface area contributed by atoms with Crippen molar-refractivity contribution in [1.29, 1.82) is 0 Å². The Bertz CT molecular complexity index is 444. The standard InChI is InChI=1S/C12H12ClFO4/c1-16-11(15)8-5-17-12(18-6-8)7-2-3-9(13)10(14)4-7/h2-4,8,12H,5-6H2,1H3/t8-,12-. The molecule has 0 N–H and O–H groups in total. The van der Waals surface area contributed by atoms with Crippen LogP contribution in [-0.4, -0.2) is 26.3 Å². The minimum Gasteiger partial charge on any atom is -0.469 e. The molecule has 6 heteroatoms. The lowest BCUT2D eigenvalue weighted by Gasteiger charge is -2.28. The number of benzene rings is 1. The zero-order valence-electron chi connectivity index (χ0n) is 9.69. The summed E-state index contributed by atoms with van der Waals surface area (Å²) in [6.45, 7) is 0.364. The van der Waals surface area contributed by atoms with E-state index in [1.165, 1.54) is 19.2 Å². The molecule has 0 aliphatic carbocycles. The van der Waals surface area contributed by atoms with Gasteiger partial charge in [-0.15, -0.1) is 0 Å². The first-order valence-electron chi connectivity index (χ1n) is 5.38. The number of hydrogen-bond donors (Lipinski definition) is 0. The molecule has 1 aliphatic heterocycles. The Kier molecular flexibility index (Phi) is 4.16. The predicted octanol–water partition coefficient (Wildman–Crippen LogP) is 2.31. The van der Waals surface area contributed by atoms with Crippen LogP contribution < -0.4 is 0 Å². The van der Waals surface area contributed by atoms with Crippen LogP contribution in [0.3, 0.4) is 0 Å². The zero-order valence-corrected chi connectivity index (χ0v) is 10.4. The molecule has 18 heavy (non-hydrogen) atoms. The lowest BCUT2D eigenvalue weighted by Crippen LogP contribution is -2.33. The molecule has 98 valence electrons. The second-order valence-electron chi connectivity index (χ2n) is 3.89. The van der Waals surface area contributed by atoms with Gasteiger partial charge in [0.1, 0.15) is 11.7 Å². The van der Waals surface area contributed by atoms with Crippen LogP contribution in [-0.2, 0) is 19.0 Å². The summed E-state index contributed by atoms with van der Waals surface area (Å²) >= 11 is 5.59. The molecule has 0 saturated carbocycles. The van der Waals surface area contributed by atoms with E-state index in [0.717, 1.165) is 0 Å². The molecule has 1 saturated heterocycles. The minimum atomic E-state index is -0.683. The molecular formula is C12H12ClFO4. The van der Waals surface area contributed by atoms with E-state index in [2.05, 4.69) is 4.74 Å². The molecule has 0 amide bonds. The molecule has 4 nitrogen and oxygen atoms in total. The third-order valence-corrected chi connectivity index (χ3v) is 2.95. The largest absolute Gasteiger partial charge is 0.469 e. The van der Waals surface area contributed by atoms with Crippen molar-refractivity contribution in [3.8, 4) is 0 Å². The summed E-state index contributed by atoms with van der Waals surface area (Å²) in [7, 11) is 1.31. The van der Waals surface area contributed by atoms with Gasteiger partial charge in [-0.05, 0) is 12.1 Å². The van der Waals surface area contributed by atoms with Gasteiger partial charge < -0.3 is 14.2 Å². The highest BCUT2D eigenvalue weighted by Crippen LogP contribution is 2.27. The monoisotopic (exact) mass is 274 g/mol. The Morgan fingerprint density at radius 3 is 2.67 bits per heavy atom. The van der Waals surface area contributed by atoms with Gasteiger partial charge in [-0.1, -0.05) is 17.7 Å². The molecule has 0 unspecified atom stereocenters. The summed E-state index contributed by atoms with van der Waals surface area (Å²) in [5.41, 5.74) is 0.528. The average Bonchev–Trinajstić information content (AvgIpc) is 2.41. The van der Waals surface area contributed by atoms with E-state index < -0.39 is 18.0 Å². The number of hydrogen-bond acceptors (Lipinski definition) is 4. The zero-order chi connectivity index (χ0) is 13.1. The third-order valence-electron chi connectivity index (χ3n) is 2.65. The lowest BCUT2D eigenvalue weighted by atomic mass is 10.1. The summed E-state index contributed by atoms with van der Waals surface area (Å²) in [6, 6.07) is 4.31. The number of methoxy groups -OCH3 is 1. The number of carbonyl (C=O) groups is 1. The van der Waals surface area contributed by atoms with E-state index in [-0.39, 0.29) is 24.2 Å². The van der Waals surface area contributed by atoms with Gasteiger partial charge in [0, 0.05) is 5.56 Å². The molecule has 0 atom stereocenters. The Morgan fingerprint density at radius 2 is 2.11 bits per heavy atom. The molecule has 1 aliphatic rings. The maximum absolute atomic E-state index is 13.3. The van der Waals surface area contributed by atoms with Crippen molar-refractivity contribution in [3.05, 3.63) is 34.6 Å². The maximum atomic E-state index is 13.3. The van der Waals surface area contributed by atoms with Crippen molar-refractivity contribution in [2.45, 2.75) is 6.29 Å². The molecule has 0 aromatic heterocycles. The first-order valence-corrected chi connectivity index (χ1v) is 5.75. The molecule has 1 aromatic rings. The summed E-state index contributed by atoms with van der Waals surface area (Å²) in [5.74, 6) is -1.35. The third kappa shape index (κ3) is 2.80. The maximum Gasteiger partial charge on any atom is 0.313 e. The van der Waals surface area contributed by atoms with Crippen LogP contribution in [0.5, 0.6) is 0 Å². The van der Waals surface area contributed by atoms with Crippen LogP contribution in [0.2, 0.25) is 5.02 Å². The van der Waals surface area contributed by atoms with E-state index in [1.54, 1.807) is 6.07 Å². The Balaban J connectivity index is 2.01. The van der Waals surface area contributed by atoms with E-state index in [9.17, 15) is 9.18 Å². The number of rotatable bonds is 2. The van der Waals surface area contributed by atoms with E-state index >= 15 is 0 Å². The highest BCUT2D eigenvalue weighted by Gasteiger charge is 2.29. The highest BCUT2D eigenvalue weighted by molar-refractivity contribution is 6.30. The summed E-state index contributed by atoms with van der Waals surface area (Å²) < 4.78 is 28.6. The average molecular weight is 275 g/mol. The minimum absolute atomic E-state index is 0.0435. The quantitative estimate of drug-likeness (QED) is 0.777. The van der Waals surface area contributed by atoms with Crippen molar-refractivity contribution >= 4 is 17.6 Å². The molecule has 2 rings (SSSR count). The summed E-state index contributed by atoms with van der Waals surface area (Å²) in [5, 5.41) is 0.0435. The van der Waals surface area contributed by atoms with Gasteiger partial charge in [0.25, 0.3) is 0 Å². The van der Waals surface area contributed by atoms with Crippen molar-refractivity contribution in [2.75, 3.05) is 20.3 Å². The van der Waals surface area contributed by atoms with Gasteiger partial charge in [0.05, 0.1) is 25.3 Å². The van der Waals surface area contributed by atoms with Crippen molar-refractivity contribution in [2.24, 2.45) is 5.92 Å². The van der Waals surface area contributed by atoms with E-state index in [4.69, 9.17) is 21.1 Å². The molecule has 0 radical (unpaired) electrons. The van der Waals surface area contributed by atoms with Gasteiger partial charge >= 0.3 is 5.97 Å². The molecule has 1 heterocycles. The highest BCUT2D eigenvalue weighted by atomic mass is 35.5. The van der Waals surface area contributed by atoms with Crippen molar-refractivity contribution in [3.63, 3.8) is 0 Å². The van der Waals surface area contributed by atoms with Gasteiger partial charge in [0.2, 0.25) is 0 Å². The lowest BCUT2D eigenvalue weighted by molar-refractivity contribution is -0.212. The van der Waals surface area contributed by atoms with Gasteiger partial charge in [0.15, 0.2) is 6.29 Å². The molecular weight excluding hydrogens is 263 g/mol. The van der Waals surface area contributed by atoms with Gasteiger partial charge in [-0.2, -0.15) is 0 Å². The molecule has 0 spiro atoms. The number of carbonyl (C=O) groups excluding carboxylic acids is 1. The fraction of sp³-hybridized carbons (Fsp3) is 0.417. The fourth-order valence-corrected chi connectivity index (χ4v) is 1.78. The first kappa shape index (κ1) is 13.3. The predicted molar refractivity (Wildman–Crippen MR) is 61.6 cm³/mol. The fourth-order valence-electron chi connectivity index (χ4n) is 1.66. The van der Waals surface area contributed by atoms with Crippen LogP contribution in [0.25, 0.3) is 0 Å². The van der Waals surface area contributed by atoms with Crippen LogP contribution in [0.1, 0.15) is 11.9 Å². The summed E-state index contributed by atoms with van der Waals surface area (Å²) in [4.78, 5) is 11.2. The SMILES string of the molecule is COC(=O)[C@H]1CO[C@H](c2ccc(Cl)c(F)c2)OC1. The van der Waals surface area contributed by atoms with Crippen LogP contribution in [0.4, 0.5) is 4.39 Å². The normalized spacial score (nSPS) is 23.7. The second kappa shape index (κ2) is 5.65. The first-order chi connectivity index (χ1) is 8.61. The number of esters is 1. The van der Waals surface area contributed by atoms with E-state index in [1.807, 2.05) is 0 Å². The van der Waals surface area contributed by atoms with Gasteiger partial charge in [-0.25, -0.2) is 4.39 Å². The molecule has 0 bridgehead atoms. The van der Waals surface area contributed by atoms with Crippen molar-refractivity contribution in [1.82, 2.24) is 0 Å². The van der Waals surface area contributed by atoms with Crippen LogP contribution in [0.15, 0.2) is 18.2 Å². The molecule has 1 aromatic carbocycles. The van der Waals surface area contributed by atoms with Crippen LogP contribution in [0, 0.1) is 11.7 Å². The van der Waals surface area contributed by atoms with Gasteiger partial charge in [-0.3, -0.25) is 4.79 Å². The Hall–Kier alpha value is -1.17. The smallest absolute Gasteiger partial charge is 0.313 e. The van der Waals surface area contributed by atoms with Crippen molar-refractivity contribution < 1.29 is 23.4 Å². The van der Waals surface area contributed by atoms with Crippen LogP contribution >= 0.6 is 11.6 Å². The van der Waals surface area contributed by atoms with E-state index in [0.29, 0.717) is 5.56 Å². The second-order valence-corrected chi connectivity index (χ2v) is 4.30. The topological polar surface area (TPSA) is 44.8 Å². The number of ether oxygens (including phenoxy) is 3. The Morgan fingerprint density at radius 1 is 1.44 bits per heavy atom. The molecule has 1 fully saturated rings. The number of halogens is 2. The Labute approximate surface area is 109 Å².